The zero-order valence-corrected chi connectivity index (χ0v) is 19.0. The van der Waals surface area contributed by atoms with Gasteiger partial charge in [0.15, 0.2) is 17.3 Å². The maximum absolute atomic E-state index is 14.1. The van der Waals surface area contributed by atoms with Crippen LogP contribution in [0.5, 0.6) is 11.5 Å². The Morgan fingerprint density at radius 3 is 2.41 bits per heavy atom. The van der Waals surface area contributed by atoms with Crippen LogP contribution in [0, 0.1) is 18.6 Å². The van der Waals surface area contributed by atoms with Crippen LogP contribution in [0.4, 0.5) is 26.5 Å². The van der Waals surface area contributed by atoms with E-state index in [1.807, 2.05) is 12.1 Å². The van der Waals surface area contributed by atoms with Crippen molar-refractivity contribution in [2.45, 2.75) is 19.9 Å². The normalized spacial score (nSPS) is 11.7. The molecule has 176 valence electrons. The van der Waals surface area contributed by atoms with Crippen LogP contribution in [-0.4, -0.2) is 39.4 Å². The highest BCUT2D eigenvalue weighted by molar-refractivity contribution is 5.67. The summed E-state index contributed by atoms with van der Waals surface area (Å²) in [6, 6.07) is 10.2. The lowest BCUT2D eigenvalue weighted by molar-refractivity contribution is 0.355. The van der Waals surface area contributed by atoms with E-state index >= 15 is 0 Å². The van der Waals surface area contributed by atoms with Crippen LogP contribution >= 0.6 is 0 Å². The summed E-state index contributed by atoms with van der Waals surface area (Å²) < 4.78 is 37.9. The van der Waals surface area contributed by atoms with Crippen LogP contribution < -0.4 is 20.1 Å². The van der Waals surface area contributed by atoms with E-state index in [-0.39, 0.29) is 11.9 Å². The molecule has 4 rings (SSSR count). The lowest BCUT2D eigenvalue weighted by Gasteiger charge is -2.15. The highest BCUT2D eigenvalue weighted by Crippen LogP contribution is 2.32. The molecule has 1 unspecified atom stereocenters. The molecule has 3 N–H and O–H groups in total. The molecule has 0 aliphatic rings. The number of aromatic amines is 1. The maximum atomic E-state index is 14.1. The quantitative estimate of drug-likeness (QED) is 0.340. The highest BCUT2D eigenvalue weighted by atomic mass is 19.1. The molecule has 0 spiro atoms. The Hall–Kier alpha value is -4.28. The van der Waals surface area contributed by atoms with Crippen molar-refractivity contribution in [2.24, 2.45) is 0 Å². The second kappa shape index (κ2) is 9.69. The zero-order valence-electron chi connectivity index (χ0n) is 19.0. The monoisotopic (exact) mass is 467 g/mol. The van der Waals surface area contributed by atoms with Gasteiger partial charge in [0.25, 0.3) is 0 Å². The van der Waals surface area contributed by atoms with Gasteiger partial charge in [0.05, 0.1) is 26.0 Å². The van der Waals surface area contributed by atoms with Crippen molar-refractivity contribution >= 4 is 17.7 Å². The van der Waals surface area contributed by atoms with E-state index in [2.05, 4.69) is 35.8 Å². The maximum Gasteiger partial charge on any atom is 0.233 e. The fraction of sp³-hybridized carbons (Fsp3) is 0.217. The number of ether oxygens (including phenoxy) is 2. The molecule has 0 amide bonds. The molecular weight excluding hydrogens is 444 g/mol. The summed E-state index contributed by atoms with van der Waals surface area (Å²) in [5.41, 5.74) is 1.89. The Morgan fingerprint density at radius 2 is 1.68 bits per heavy atom. The van der Waals surface area contributed by atoms with Crippen molar-refractivity contribution < 1.29 is 18.3 Å². The zero-order chi connectivity index (χ0) is 24.2. The van der Waals surface area contributed by atoms with Gasteiger partial charge in [-0.05, 0) is 38.1 Å². The average Bonchev–Trinajstić information content (AvgIpc) is 3.26. The number of hydrogen-bond acceptors (Lipinski definition) is 8. The summed E-state index contributed by atoms with van der Waals surface area (Å²) in [5, 5.41) is 13.3. The van der Waals surface area contributed by atoms with E-state index in [0.717, 1.165) is 17.3 Å². The summed E-state index contributed by atoms with van der Waals surface area (Å²) in [7, 11) is 3.15. The molecule has 0 aliphatic carbocycles. The average molecular weight is 467 g/mol. The van der Waals surface area contributed by atoms with E-state index in [4.69, 9.17) is 9.47 Å². The van der Waals surface area contributed by atoms with Gasteiger partial charge in [-0.25, -0.2) is 8.78 Å². The topological polar surface area (TPSA) is 110 Å². The lowest BCUT2D eigenvalue weighted by atomic mass is 10.1. The molecule has 34 heavy (non-hydrogen) atoms. The van der Waals surface area contributed by atoms with E-state index < -0.39 is 17.7 Å². The standard InChI is InChI=1S/C23H23F2N7O2/c1-12(16-7-6-15(24)10-17(16)25)26-22-27-13(2)28-23(30-22)29-21-11-18(31-32-21)14-5-8-19(33-3)20(9-14)34-4/h5-12H,1-4H3,(H3,26,27,28,29,30,31,32). The molecule has 1 atom stereocenters. The number of methoxy groups -OCH3 is 2. The number of aryl methyl sites for hydroxylation is 1. The third-order valence-corrected chi connectivity index (χ3v) is 5.03. The van der Waals surface area contributed by atoms with Gasteiger partial charge in [-0.2, -0.15) is 20.1 Å². The summed E-state index contributed by atoms with van der Waals surface area (Å²) in [4.78, 5) is 12.9. The minimum Gasteiger partial charge on any atom is -0.493 e. The predicted octanol–water partition coefficient (Wildman–Crippen LogP) is 4.78. The summed E-state index contributed by atoms with van der Waals surface area (Å²) in [6.07, 6.45) is 0. The molecule has 2 aromatic heterocycles. The van der Waals surface area contributed by atoms with Crippen LogP contribution in [0.15, 0.2) is 42.5 Å². The molecule has 0 radical (unpaired) electrons. The third-order valence-electron chi connectivity index (χ3n) is 5.03. The van der Waals surface area contributed by atoms with Crippen molar-refractivity contribution in [1.82, 2.24) is 25.1 Å². The number of aromatic nitrogens is 5. The molecule has 0 saturated heterocycles. The molecule has 0 aliphatic heterocycles. The largest absolute Gasteiger partial charge is 0.493 e. The van der Waals surface area contributed by atoms with Crippen LogP contribution in [0.3, 0.4) is 0 Å². The first-order valence-corrected chi connectivity index (χ1v) is 10.3. The number of nitrogens with one attached hydrogen (secondary N) is 3. The van der Waals surface area contributed by atoms with E-state index in [1.165, 1.54) is 12.1 Å². The fourth-order valence-electron chi connectivity index (χ4n) is 3.38. The van der Waals surface area contributed by atoms with E-state index in [9.17, 15) is 8.78 Å². The lowest BCUT2D eigenvalue weighted by Crippen LogP contribution is -2.13. The minimum absolute atomic E-state index is 0.238. The number of nitrogens with zero attached hydrogens (tertiary/aromatic N) is 4. The second-order valence-electron chi connectivity index (χ2n) is 7.42. The van der Waals surface area contributed by atoms with Crippen LogP contribution in [0.2, 0.25) is 0 Å². The van der Waals surface area contributed by atoms with Crippen molar-refractivity contribution in [1.29, 1.82) is 0 Å². The Labute approximate surface area is 194 Å². The number of benzene rings is 2. The van der Waals surface area contributed by atoms with Gasteiger partial charge in [0.1, 0.15) is 17.5 Å². The first kappa shape index (κ1) is 22.9. The van der Waals surface area contributed by atoms with Gasteiger partial charge in [-0.15, -0.1) is 0 Å². The Balaban J connectivity index is 1.51. The van der Waals surface area contributed by atoms with Gasteiger partial charge in [-0.3, -0.25) is 5.10 Å². The fourth-order valence-corrected chi connectivity index (χ4v) is 3.38. The molecule has 0 bridgehead atoms. The predicted molar refractivity (Wildman–Crippen MR) is 123 cm³/mol. The minimum atomic E-state index is -0.650. The van der Waals surface area contributed by atoms with E-state index in [0.29, 0.717) is 28.7 Å². The molecular formula is C23H23F2N7O2. The molecule has 9 nitrogen and oxygen atoms in total. The molecule has 11 heteroatoms. The molecule has 0 saturated carbocycles. The summed E-state index contributed by atoms with van der Waals surface area (Å²) >= 11 is 0. The number of hydrogen-bond donors (Lipinski definition) is 3. The van der Waals surface area contributed by atoms with Gasteiger partial charge < -0.3 is 20.1 Å². The molecule has 0 fully saturated rings. The Bertz CT molecular complexity index is 1310. The molecule has 2 heterocycles. The second-order valence-corrected chi connectivity index (χ2v) is 7.42. The number of halogens is 2. The van der Waals surface area contributed by atoms with Crippen molar-refractivity contribution in [3.05, 3.63) is 65.5 Å². The highest BCUT2D eigenvalue weighted by Gasteiger charge is 2.15. The number of rotatable bonds is 8. The third kappa shape index (κ3) is 5.03. The van der Waals surface area contributed by atoms with Gasteiger partial charge in [-0.1, -0.05) is 6.07 Å². The Morgan fingerprint density at radius 1 is 0.912 bits per heavy atom. The molecule has 4 aromatic rings. The van der Waals surface area contributed by atoms with Crippen molar-refractivity contribution in [3.63, 3.8) is 0 Å². The van der Waals surface area contributed by atoms with Crippen molar-refractivity contribution in [3.8, 4) is 22.8 Å². The van der Waals surface area contributed by atoms with Gasteiger partial charge >= 0.3 is 0 Å². The SMILES string of the molecule is COc1ccc(-c2cc(Nc3nc(C)nc(NC(C)c4ccc(F)cc4F)n3)n[nH]2)cc1OC. The van der Waals surface area contributed by atoms with Gasteiger partial charge in [0.2, 0.25) is 11.9 Å². The smallest absolute Gasteiger partial charge is 0.233 e. The first-order valence-electron chi connectivity index (χ1n) is 10.3. The number of anilines is 3. The first-order chi connectivity index (χ1) is 16.4. The molecule has 2 aromatic carbocycles. The van der Waals surface area contributed by atoms with Crippen molar-refractivity contribution in [2.75, 3.05) is 24.9 Å². The van der Waals surface area contributed by atoms with Gasteiger partial charge in [0, 0.05) is 23.3 Å². The van der Waals surface area contributed by atoms with Crippen LogP contribution in [-0.2, 0) is 0 Å². The number of H-pyrrole nitrogens is 1. The Kier molecular flexibility index (Phi) is 6.53. The van der Waals surface area contributed by atoms with Crippen LogP contribution in [0.25, 0.3) is 11.3 Å². The summed E-state index contributed by atoms with van der Waals surface area (Å²) in [5.74, 6) is 1.36. The van der Waals surface area contributed by atoms with Crippen LogP contribution in [0.1, 0.15) is 24.4 Å². The van der Waals surface area contributed by atoms with E-state index in [1.54, 1.807) is 40.2 Å². The summed E-state index contributed by atoms with van der Waals surface area (Å²) in [6.45, 7) is 3.44.